The van der Waals surface area contributed by atoms with Crippen molar-refractivity contribution in [1.82, 2.24) is 14.9 Å². The van der Waals surface area contributed by atoms with Gasteiger partial charge in [-0.3, -0.25) is 4.79 Å². The molecule has 29 heavy (non-hydrogen) atoms. The number of carbonyl (C=O) groups excluding carboxylic acids is 1. The highest BCUT2D eigenvalue weighted by atomic mass is 19.1. The standard InChI is InChI=1S/C21H19F2N5O/c22-15-6-7-18(17(23)12-15)26-20-14-24-19(13-25-20)21(29)28-10-8-27(9-11-28)16-4-2-1-3-5-16/h1-7,12-14H,8-11H2,(H,25,26). The number of anilines is 3. The summed E-state index contributed by atoms with van der Waals surface area (Å²) in [4.78, 5) is 24.9. The van der Waals surface area contributed by atoms with Gasteiger partial charge in [-0.15, -0.1) is 0 Å². The first-order valence-electron chi connectivity index (χ1n) is 9.23. The van der Waals surface area contributed by atoms with Crippen LogP contribution in [0.4, 0.5) is 26.0 Å². The molecule has 4 rings (SSSR count). The summed E-state index contributed by atoms with van der Waals surface area (Å²) in [6.07, 6.45) is 2.71. The van der Waals surface area contributed by atoms with Crippen LogP contribution in [0.1, 0.15) is 10.5 Å². The summed E-state index contributed by atoms with van der Waals surface area (Å²) < 4.78 is 26.7. The van der Waals surface area contributed by atoms with Gasteiger partial charge in [-0.25, -0.2) is 18.7 Å². The number of hydrogen-bond acceptors (Lipinski definition) is 5. The van der Waals surface area contributed by atoms with Crippen LogP contribution in [0.25, 0.3) is 0 Å². The molecule has 0 atom stereocenters. The topological polar surface area (TPSA) is 61.4 Å². The van der Waals surface area contributed by atoms with E-state index in [0.29, 0.717) is 13.1 Å². The lowest BCUT2D eigenvalue weighted by Crippen LogP contribution is -2.49. The zero-order valence-corrected chi connectivity index (χ0v) is 15.6. The molecule has 0 radical (unpaired) electrons. The monoisotopic (exact) mass is 395 g/mol. The summed E-state index contributed by atoms with van der Waals surface area (Å²) in [5.41, 5.74) is 1.45. The minimum Gasteiger partial charge on any atom is -0.368 e. The van der Waals surface area contributed by atoms with Crippen molar-refractivity contribution < 1.29 is 13.6 Å². The number of halogens is 2. The fourth-order valence-corrected chi connectivity index (χ4v) is 3.20. The maximum absolute atomic E-state index is 13.7. The zero-order valence-electron chi connectivity index (χ0n) is 15.6. The third kappa shape index (κ3) is 4.31. The zero-order chi connectivity index (χ0) is 20.2. The maximum atomic E-state index is 13.7. The average molecular weight is 395 g/mol. The average Bonchev–Trinajstić information content (AvgIpc) is 2.76. The molecule has 8 heteroatoms. The number of hydrogen-bond donors (Lipinski definition) is 1. The van der Waals surface area contributed by atoms with Gasteiger partial charge in [-0.2, -0.15) is 0 Å². The van der Waals surface area contributed by atoms with Crippen molar-refractivity contribution in [3.8, 4) is 0 Å². The van der Waals surface area contributed by atoms with E-state index in [9.17, 15) is 13.6 Å². The highest BCUT2D eigenvalue weighted by Crippen LogP contribution is 2.20. The van der Waals surface area contributed by atoms with Crippen LogP contribution >= 0.6 is 0 Å². The van der Waals surface area contributed by atoms with Gasteiger partial charge >= 0.3 is 0 Å². The molecule has 0 unspecified atom stereocenters. The van der Waals surface area contributed by atoms with Crippen LogP contribution in [-0.4, -0.2) is 47.0 Å². The number of nitrogens with one attached hydrogen (secondary N) is 1. The molecule has 0 bridgehead atoms. The van der Waals surface area contributed by atoms with Crippen LogP contribution in [0.15, 0.2) is 60.9 Å². The van der Waals surface area contributed by atoms with E-state index in [1.165, 1.54) is 18.5 Å². The van der Waals surface area contributed by atoms with Crippen molar-refractivity contribution in [1.29, 1.82) is 0 Å². The number of piperazine rings is 1. The molecule has 1 N–H and O–H groups in total. The number of carbonyl (C=O) groups is 1. The van der Waals surface area contributed by atoms with Crippen molar-refractivity contribution in [3.05, 3.63) is 78.3 Å². The molecule has 6 nitrogen and oxygen atoms in total. The molecule has 2 heterocycles. The summed E-state index contributed by atoms with van der Waals surface area (Å²) in [5.74, 6) is -1.32. The lowest BCUT2D eigenvalue weighted by Gasteiger charge is -2.35. The van der Waals surface area contributed by atoms with Crippen LogP contribution < -0.4 is 10.2 Å². The largest absolute Gasteiger partial charge is 0.368 e. The smallest absolute Gasteiger partial charge is 0.274 e. The van der Waals surface area contributed by atoms with Crippen molar-refractivity contribution in [2.75, 3.05) is 36.4 Å². The first-order chi connectivity index (χ1) is 14.1. The number of aromatic nitrogens is 2. The Balaban J connectivity index is 1.37. The Hall–Kier alpha value is -3.55. The highest BCUT2D eigenvalue weighted by molar-refractivity contribution is 5.92. The van der Waals surface area contributed by atoms with Crippen molar-refractivity contribution in [2.24, 2.45) is 0 Å². The summed E-state index contributed by atoms with van der Waals surface area (Å²) in [7, 11) is 0. The minimum atomic E-state index is -0.733. The Bertz CT molecular complexity index is 990. The van der Waals surface area contributed by atoms with Crippen molar-refractivity contribution in [2.45, 2.75) is 0 Å². The molecule has 1 aliphatic heterocycles. The predicted molar refractivity (Wildman–Crippen MR) is 106 cm³/mol. The van der Waals surface area contributed by atoms with E-state index in [4.69, 9.17) is 0 Å². The second kappa shape index (κ2) is 8.22. The Labute approximate surface area is 166 Å². The lowest BCUT2D eigenvalue weighted by atomic mass is 10.2. The van der Waals surface area contributed by atoms with Crippen LogP contribution in [-0.2, 0) is 0 Å². The van der Waals surface area contributed by atoms with Crippen molar-refractivity contribution >= 4 is 23.1 Å². The molecule has 1 saturated heterocycles. The molecule has 3 aromatic rings. The number of amides is 1. The summed E-state index contributed by atoms with van der Waals surface area (Å²) in [6, 6.07) is 13.3. The molecule has 0 aliphatic carbocycles. The SMILES string of the molecule is O=C(c1cnc(Nc2ccc(F)cc2F)cn1)N1CCN(c2ccccc2)CC1. The van der Waals surface area contributed by atoms with E-state index in [1.807, 2.05) is 18.2 Å². The van der Waals surface area contributed by atoms with Crippen LogP contribution in [0.2, 0.25) is 0 Å². The molecular weight excluding hydrogens is 376 g/mol. The van der Waals surface area contributed by atoms with Gasteiger partial charge in [0.15, 0.2) is 0 Å². The number of para-hydroxylation sites is 1. The lowest BCUT2D eigenvalue weighted by molar-refractivity contribution is 0.0740. The van der Waals surface area contributed by atoms with Gasteiger partial charge in [0.25, 0.3) is 5.91 Å². The van der Waals surface area contributed by atoms with E-state index >= 15 is 0 Å². The fourth-order valence-electron chi connectivity index (χ4n) is 3.20. The third-order valence-corrected chi connectivity index (χ3v) is 4.75. The number of benzene rings is 2. The van der Waals surface area contributed by atoms with Gasteiger partial charge in [0.05, 0.1) is 18.1 Å². The number of rotatable bonds is 4. The predicted octanol–water partition coefficient (Wildman–Crippen LogP) is 3.46. The van der Waals surface area contributed by atoms with E-state index in [1.54, 1.807) is 4.90 Å². The van der Waals surface area contributed by atoms with Crippen LogP contribution in [0.5, 0.6) is 0 Å². The van der Waals surface area contributed by atoms with E-state index in [2.05, 4.69) is 32.3 Å². The van der Waals surface area contributed by atoms with Gasteiger partial charge in [0.1, 0.15) is 23.1 Å². The van der Waals surface area contributed by atoms with Crippen LogP contribution in [0, 0.1) is 11.6 Å². The molecule has 1 amide bonds. The molecular formula is C21H19F2N5O. The molecule has 0 spiro atoms. The van der Waals surface area contributed by atoms with E-state index in [0.717, 1.165) is 30.9 Å². The van der Waals surface area contributed by atoms with E-state index in [-0.39, 0.29) is 23.1 Å². The van der Waals surface area contributed by atoms with Gasteiger partial charge in [-0.05, 0) is 24.3 Å². The summed E-state index contributed by atoms with van der Waals surface area (Å²) in [5, 5.41) is 2.72. The summed E-state index contributed by atoms with van der Waals surface area (Å²) >= 11 is 0. The van der Waals surface area contributed by atoms with Crippen molar-refractivity contribution in [3.63, 3.8) is 0 Å². The van der Waals surface area contributed by atoms with Gasteiger partial charge in [-0.1, -0.05) is 18.2 Å². The Morgan fingerprint density at radius 3 is 2.34 bits per heavy atom. The molecule has 1 aromatic heterocycles. The highest BCUT2D eigenvalue weighted by Gasteiger charge is 2.23. The van der Waals surface area contributed by atoms with E-state index < -0.39 is 11.6 Å². The Kier molecular flexibility index (Phi) is 5.33. The second-order valence-corrected chi connectivity index (χ2v) is 6.65. The van der Waals surface area contributed by atoms with Gasteiger partial charge in [0, 0.05) is 37.9 Å². The van der Waals surface area contributed by atoms with Gasteiger partial charge in [0.2, 0.25) is 0 Å². The fraction of sp³-hybridized carbons (Fsp3) is 0.190. The van der Waals surface area contributed by atoms with Gasteiger partial charge < -0.3 is 15.1 Å². The maximum Gasteiger partial charge on any atom is 0.274 e. The van der Waals surface area contributed by atoms with Crippen LogP contribution in [0.3, 0.4) is 0 Å². The molecule has 2 aromatic carbocycles. The molecule has 1 aliphatic rings. The molecule has 1 fully saturated rings. The molecule has 148 valence electrons. The second-order valence-electron chi connectivity index (χ2n) is 6.65. The first kappa shape index (κ1) is 18.8. The normalized spacial score (nSPS) is 14.0. The molecule has 0 saturated carbocycles. The first-order valence-corrected chi connectivity index (χ1v) is 9.23. The number of nitrogens with zero attached hydrogens (tertiary/aromatic N) is 4. The third-order valence-electron chi connectivity index (χ3n) is 4.75. The minimum absolute atomic E-state index is 0.0804. The Morgan fingerprint density at radius 1 is 0.931 bits per heavy atom. The summed E-state index contributed by atoms with van der Waals surface area (Å²) in [6.45, 7) is 2.67. The Morgan fingerprint density at radius 2 is 1.69 bits per heavy atom. The quantitative estimate of drug-likeness (QED) is 0.733.